The van der Waals surface area contributed by atoms with Crippen molar-refractivity contribution in [3.05, 3.63) is 0 Å². The summed E-state index contributed by atoms with van der Waals surface area (Å²) >= 11 is 0. The van der Waals surface area contributed by atoms with Crippen LogP contribution >= 0.6 is 0 Å². The maximum Gasteiger partial charge on any atom is 0.310 e. The highest BCUT2D eigenvalue weighted by molar-refractivity contribution is 5.87. The standard InChI is InChI=1S/C8H10O4.C5H12/c9-6(10)5-3-4-1-2-8(4,5)7(11)12;1-3-5-4-2/h4-5H,1-3H2,(H,9,10)(H,11,12);3-5H2,1-2H3. The number of rotatable bonds is 4. The zero-order valence-electron chi connectivity index (χ0n) is 10.6. The van der Waals surface area contributed by atoms with E-state index in [2.05, 4.69) is 13.8 Å². The summed E-state index contributed by atoms with van der Waals surface area (Å²) < 4.78 is 0. The number of aliphatic carboxylic acids is 2. The molecule has 0 aliphatic heterocycles. The molecule has 98 valence electrons. The average Bonchev–Trinajstić information content (AvgIpc) is 2.23. The molecule has 2 saturated carbocycles. The third-order valence-corrected chi connectivity index (χ3v) is 4.18. The van der Waals surface area contributed by atoms with Crippen LogP contribution in [0.15, 0.2) is 0 Å². The SMILES string of the molecule is CCCCC.O=C(O)C1CC2CCC21C(=O)O. The van der Waals surface area contributed by atoms with Gasteiger partial charge in [-0.05, 0) is 25.2 Å². The van der Waals surface area contributed by atoms with Gasteiger partial charge < -0.3 is 10.2 Å². The van der Waals surface area contributed by atoms with Gasteiger partial charge in [-0.1, -0.05) is 33.1 Å². The molecule has 2 rings (SSSR count). The van der Waals surface area contributed by atoms with Gasteiger partial charge in [0.05, 0.1) is 11.3 Å². The Kier molecular flexibility index (Phi) is 4.54. The number of carboxylic acids is 2. The van der Waals surface area contributed by atoms with E-state index >= 15 is 0 Å². The topological polar surface area (TPSA) is 74.6 Å². The van der Waals surface area contributed by atoms with E-state index in [9.17, 15) is 9.59 Å². The van der Waals surface area contributed by atoms with E-state index < -0.39 is 23.3 Å². The van der Waals surface area contributed by atoms with Crippen molar-refractivity contribution >= 4 is 11.9 Å². The van der Waals surface area contributed by atoms with Crippen LogP contribution in [0, 0.1) is 17.3 Å². The van der Waals surface area contributed by atoms with Gasteiger partial charge in [0.1, 0.15) is 0 Å². The quantitative estimate of drug-likeness (QED) is 0.794. The largest absolute Gasteiger partial charge is 0.481 e. The molecule has 3 unspecified atom stereocenters. The summed E-state index contributed by atoms with van der Waals surface area (Å²) in [6.07, 6.45) is 6.06. The molecule has 2 N–H and O–H groups in total. The molecule has 0 saturated heterocycles. The van der Waals surface area contributed by atoms with Crippen molar-refractivity contribution in [3.63, 3.8) is 0 Å². The second-order valence-electron chi connectivity index (χ2n) is 5.06. The second-order valence-corrected chi connectivity index (χ2v) is 5.06. The van der Waals surface area contributed by atoms with Gasteiger partial charge in [0.15, 0.2) is 0 Å². The fraction of sp³-hybridized carbons (Fsp3) is 0.846. The number of hydrogen-bond acceptors (Lipinski definition) is 2. The van der Waals surface area contributed by atoms with Gasteiger partial charge in [0.25, 0.3) is 0 Å². The lowest BCUT2D eigenvalue weighted by Crippen LogP contribution is -2.63. The predicted octanol–water partition coefficient (Wildman–Crippen LogP) is 2.77. The van der Waals surface area contributed by atoms with E-state index in [0.717, 1.165) is 6.42 Å². The number of hydrogen-bond donors (Lipinski definition) is 2. The van der Waals surface area contributed by atoms with E-state index in [1.165, 1.54) is 19.3 Å². The van der Waals surface area contributed by atoms with Crippen molar-refractivity contribution < 1.29 is 19.8 Å². The lowest BCUT2D eigenvalue weighted by atomic mass is 9.42. The average molecular weight is 242 g/mol. The molecule has 0 aromatic heterocycles. The van der Waals surface area contributed by atoms with Crippen molar-refractivity contribution in [2.75, 3.05) is 0 Å². The Bertz CT molecular complexity index is 298. The number of fused-ring (bicyclic) bond motifs is 1. The minimum atomic E-state index is -0.951. The summed E-state index contributed by atoms with van der Waals surface area (Å²) in [7, 11) is 0. The number of carboxylic acid groups (broad SMARTS) is 2. The monoisotopic (exact) mass is 242 g/mol. The first kappa shape index (κ1) is 14.0. The second kappa shape index (κ2) is 5.52. The molecule has 0 aromatic rings. The highest BCUT2D eigenvalue weighted by atomic mass is 16.4. The van der Waals surface area contributed by atoms with Crippen LogP contribution in [0.2, 0.25) is 0 Å². The Morgan fingerprint density at radius 1 is 1.24 bits per heavy atom. The smallest absolute Gasteiger partial charge is 0.310 e. The normalized spacial score (nSPS) is 33.3. The first-order valence-corrected chi connectivity index (χ1v) is 6.46. The predicted molar refractivity (Wildman–Crippen MR) is 63.7 cm³/mol. The van der Waals surface area contributed by atoms with Gasteiger partial charge in [-0.15, -0.1) is 0 Å². The first-order chi connectivity index (χ1) is 8.00. The van der Waals surface area contributed by atoms with Crippen LogP contribution in [0.4, 0.5) is 0 Å². The van der Waals surface area contributed by atoms with Crippen molar-refractivity contribution in [2.24, 2.45) is 17.3 Å². The molecule has 3 atom stereocenters. The zero-order valence-corrected chi connectivity index (χ0v) is 10.6. The lowest BCUT2D eigenvalue weighted by molar-refractivity contribution is -0.205. The van der Waals surface area contributed by atoms with Gasteiger partial charge in [-0.3, -0.25) is 9.59 Å². The summed E-state index contributed by atoms with van der Waals surface area (Å²) in [5.74, 6) is -2.37. The van der Waals surface area contributed by atoms with Crippen molar-refractivity contribution in [2.45, 2.75) is 52.4 Å². The van der Waals surface area contributed by atoms with Crippen LogP contribution in [0.1, 0.15) is 52.4 Å². The Hall–Kier alpha value is -1.06. The van der Waals surface area contributed by atoms with Crippen LogP contribution in [0.5, 0.6) is 0 Å². The molecule has 17 heavy (non-hydrogen) atoms. The molecule has 0 bridgehead atoms. The Balaban J connectivity index is 0.000000249. The van der Waals surface area contributed by atoms with Crippen LogP contribution in [-0.2, 0) is 9.59 Å². The molecular weight excluding hydrogens is 220 g/mol. The van der Waals surface area contributed by atoms with Crippen molar-refractivity contribution in [3.8, 4) is 0 Å². The molecule has 4 nitrogen and oxygen atoms in total. The third kappa shape index (κ3) is 2.31. The van der Waals surface area contributed by atoms with Gasteiger partial charge in [-0.25, -0.2) is 0 Å². The van der Waals surface area contributed by atoms with Crippen LogP contribution in [0.3, 0.4) is 0 Å². The Morgan fingerprint density at radius 2 is 1.82 bits per heavy atom. The summed E-state index contributed by atoms with van der Waals surface area (Å²) in [6.45, 7) is 4.42. The first-order valence-electron chi connectivity index (χ1n) is 6.46. The molecule has 0 spiro atoms. The number of carbonyl (C=O) groups is 2. The zero-order chi connectivity index (χ0) is 13.1. The molecule has 2 fully saturated rings. The van der Waals surface area contributed by atoms with Crippen molar-refractivity contribution in [1.82, 2.24) is 0 Å². The Labute approximate surface area is 102 Å². The molecular formula is C13H22O4. The Morgan fingerprint density at radius 3 is 1.94 bits per heavy atom. The van der Waals surface area contributed by atoms with E-state index in [0.29, 0.717) is 12.8 Å². The maximum absolute atomic E-state index is 10.8. The summed E-state index contributed by atoms with van der Waals surface area (Å²) in [5, 5.41) is 17.6. The van der Waals surface area contributed by atoms with Gasteiger partial charge in [0.2, 0.25) is 0 Å². The molecule has 2 aliphatic carbocycles. The van der Waals surface area contributed by atoms with Crippen LogP contribution < -0.4 is 0 Å². The molecule has 4 heteroatoms. The number of unbranched alkanes of at least 4 members (excludes halogenated alkanes) is 2. The van der Waals surface area contributed by atoms with Crippen LogP contribution in [0.25, 0.3) is 0 Å². The highest BCUT2D eigenvalue weighted by Gasteiger charge is 2.68. The fourth-order valence-electron chi connectivity index (χ4n) is 2.89. The van der Waals surface area contributed by atoms with Crippen LogP contribution in [-0.4, -0.2) is 22.2 Å². The summed E-state index contributed by atoms with van der Waals surface area (Å²) in [5.41, 5.74) is -0.883. The van der Waals surface area contributed by atoms with Gasteiger partial charge in [-0.2, -0.15) is 0 Å². The van der Waals surface area contributed by atoms with E-state index in [-0.39, 0.29) is 5.92 Å². The van der Waals surface area contributed by atoms with Gasteiger partial charge in [0, 0.05) is 0 Å². The third-order valence-electron chi connectivity index (χ3n) is 4.18. The van der Waals surface area contributed by atoms with E-state index in [4.69, 9.17) is 10.2 Å². The minimum Gasteiger partial charge on any atom is -0.481 e. The molecule has 2 aliphatic rings. The highest BCUT2D eigenvalue weighted by Crippen LogP contribution is 2.64. The fourth-order valence-corrected chi connectivity index (χ4v) is 2.89. The van der Waals surface area contributed by atoms with Gasteiger partial charge >= 0.3 is 11.9 Å². The lowest BCUT2D eigenvalue weighted by Gasteiger charge is -2.59. The minimum absolute atomic E-state index is 0.135. The molecule has 0 amide bonds. The summed E-state index contributed by atoms with van der Waals surface area (Å²) in [4.78, 5) is 21.4. The van der Waals surface area contributed by atoms with E-state index in [1.807, 2.05) is 0 Å². The summed E-state index contributed by atoms with van der Waals surface area (Å²) in [6, 6.07) is 0. The van der Waals surface area contributed by atoms with E-state index in [1.54, 1.807) is 0 Å². The molecule has 0 heterocycles. The molecule has 0 radical (unpaired) electrons. The van der Waals surface area contributed by atoms with Crippen molar-refractivity contribution in [1.29, 1.82) is 0 Å². The maximum atomic E-state index is 10.8. The molecule has 0 aromatic carbocycles.